The van der Waals surface area contributed by atoms with E-state index in [0.29, 0.717) is 36.7 Å². The van der Waals surface area contributed by atoms with Crippen molar-refractivity contribution in [3.05, 3.63) is 23.8 Å². The van der Waals surface area contributed by atoms with E-state index in [9.17, 15) is 9.59 Å². The number of nitrogens with zero attached hydrogens (tertiary/aromatic N) is 2. The Morgan fingerprint density at radius 1 is 1.00 bits per heavy atom. The molecule has 0 aromatic heterocycles. The van der Waals surface area contributed by atoms with E-state index in [4.69, 9.17) is 14.2 Å². The third-order valence-electron chi connectivity index (χ3n) is 4.13. The summed E-state index contributed by atoms with van der Waals surface area (Å²) in [5.41, 5.74) is 0.492. The Balaban J connectivity index is 1.79. The normalized spacial score (nSPS) is 14.8. The maximum Gasteiger partial charge on any atom is 0.409 e. The predicted molar refractivity (Wildman–Crippen MR) is 92.3 cm³/mol. The number of rotatable bonds is 6. The number of hydrogen-bond acceptors (Lipinski definition) is 6. The fraction of sp³-hybridized carbons (Fsp3) is 0.529. The molecule has 25 heavy (non-hydrogen) atoms. The summed E-state index contributed by atoms with van der Waals surface area (Å²) in [6.45, 7) is 4.04. The zero-order chi connectivity index (χ0) is 18.2. The number of carbonyl (C=O) groups excluding carboxylic acids is 2. The standard InChI is InChI=1S/C17H25N3O5/c1-23-14-10-13(11-15(12-14)24-2)16(21)18-4-5-19-6-8-20(9-7-19)17(22)25-3/h10-12H,4-9H2,1-3H3,(H,18,21). The van der Waals surface area contributed by atoms with Crippen molar-refractivity contribution < 1.29 is 23.8 Å². The maximum atomic E-state index is 12.3. The van der Waals surface area contributed by atoms with Crippen LogP contribution in [-0.4, -0.2) is 82.4 Å². The molecule has 138 valence electrons. The van der Waals surface area contributed by atoms with Crippen molar-refractivity contribution in [2.45, 2.75) is 0 Å². The van der Waals surface area contributed by atoms with Crippen LogP contribution in [0.5, 0.6) is 11.5 Å². The molecule has 1 saturated heterocycles. The molecule has 0 unspecified atom stereocenters. The van der Waals surface area contributed by atoms with Crippen molar-refractivity contribution in [2.75, 3.05) is 60.6 Å². The first kappa shape index (κ1) is 18.9. The molecule has 2 amide bonds. The highest BCUT2D eigenvalue weighted by Gasteiger charge is 2.21. The largest absolute Gasteiger partial charge is 0.497 e. The van der Waals surface area contributed by atoms with Crippen LogP contribution in [0.4, 0.5) is 4.79 Å². The second-order valence-corrected chi connectivity index (χ2v) is 5.66. The van der Waals surface area contributed by atoms with Crippen LogP contribution in [0.25, 0.3) is 0 Å². The van der Waals surface area contributed by atoms with Gasteiger partial charge in [-0.25, -0.2) is 4.79 Å². The molecule has 1 aliphatic heterocycles. The van der Waals surface area contributed by atoms with E-state index in [2.05, 4.69) is 10.2 Å². The topological polar surface area (TPSA) is 80.3 Å². The SMILES string of the molecule is COC(=O)N1CCN(CCNC(=O)c2cc(OC)cc(OC)c2)CC1. The third kappa shape index (κ3) is 5.25. The Morgan fingerprint density at radius 3 is 2.12 bits per heavy atom. The van der Waals surface area contributed by atoms with Gasteiger partial charge in [-0.05, 0) is 12.1 Å². The molecule has 1 aliphatic rings. The smallest absolute Gasteiger partial charge is 0.409 e. The van der Waals surface area contributed by atoms with Gasteiger partial charge in [0.05, 0.1) is 21.3 Å². The molecule has 0 aliphatic carbocycles. The molecule has 8 heteroatoms. The highest BCUT2D eigenvalue weighted by molar-refractivity contribution is 5.95. The number of benzene rings is 1. The number of carbonyl (C=O) groups is 2. The summed E-state index contributed by atoms with van der Waals surface area (Å²) in [4.78, 5) is 27.6. The number of methoxy groups -OCH3 is 3. The Morgan fingerprint density at radius 2 is 1.60 bits per heavy atom. The summed E-state index contributed by atoms with van der Waals surface area (Å²) in [5.74, 6) is 0.970. The molecule has 1 heterocycles. The highest BCUT2D eigenvalue weighted by atomic mass is 16.5. The zero-order valence-electron chi connectivity index (χ0n) is 14.9. The first-order valence-electron chi connectivity index (χ1n) is 8.14. The van der Waals surface area contributed by atoms with Gasteiger partial charge in [-0.2, -0.15) is 0 Å². The van der Waals surface area contributed by atoms with Crippen LogP contribution in [0, 0.1) is 0 Å². The lowest BCUT2D eigenvalue weighted by molar-refractivity contribution is 0.0884. The van der Waals surface area contributed by atoms with E-state index in [-0.39, 0.29) is 12.0 Å². The second kappa shape index (κ2) is 9.12. The lowest BCUT2D eigenvalue weighted by Crippen LogP contribution is -2.50. The average molecular weight is 351 g/mol. The zero-order valence-corrected chi connectivity index (χ0v) is 14.9. The van der Waals surface area contributed by atoms with Gasteiger partial charge in [-0.15, -0.1) is 0 Å². The number of amides is 2. The van der Waals surface area contributed by atoms with E-state index < -0.39 is 0 Å². The van der Waals surface area contributed by atoms with Gasteiger partial charge < -0.3 is 24.4 Å². The van der Waals surface area contributed by atoms with Crippen molar-refractivity contribution in [3.8, 4) is 11.5 Å². The first-order chi connectivity index (χ1) is 12.1. The van der Waals surface area contributed by atoms with Crippen LogP contribution < -0.4 is 14.8 Å². The lowest BCUT2D eigenvalue weighted by Gasteiger charge is -2.33. The average Bonchev–Trinajstić information content (AvgIpc) is 2.67. The van der Waals surface area contributed by atoms with Gasteiger partial charge in [0.1, 0.15) is 11.5 Å². The number of ether oxygens (including phenoxy) is 3. The molecule has 1 N–H and O–H groups in total. The van der Waals surface area contributed by atoms with Crippen LogP contribution in [0.2, 0.25) is 0 Å². The molecule has 1 aromatic rings. The Labute approximate surface area is 147 Å². The lowest BCUT2D eigenvalue weighted by atomic mass is 10.2. The second-order valence-electron chi connectivity index (χ2n) is 5.66. The minimum Gasteiger partial charge on any atom is -0.497 e. The van der Waals surface area contributed by atoms with Crippen LogP contribution >= 0.6 is 0 Å². The monoisotopic (exact) mass is 351 g/mol. The summed E-state index contributed by atoms with van der Waals surface area (Å²) in [5, 5.41) is 2.90. The molecule has 2 rings (SSSR count). The minimum atomic E-state index is -0.292. The molecular formula is C17H25N3O5. The predicted octanol–water partition coefficient (Wildman–Crippen LogP) is 0.818. The minimum absolute atomic E-state index is 0.176. The van der Waals surface area contributed by atoms with Gasteiger partial charge in [0, 0.05) is 50.9 Å². The number of hydrogen-bond donors (Lipinski definition) is 1. The summed E-state index contributed by atoms with van der Waals surface area (Å²) in [7, 11) is 4.48. The van der Waals surface area contributed by atoms with Gasteiger partial charge in [-0.3, -0.25) is 9.69 Å². The maximum absolute atomic E-state index is 12.3. The summed E-state index contributed by atoms with van der Waals surface area (Å²) in [6.07, 6.45) is -0.292. The molecule has 1 aromatic carbocycles. The molecular weight excluding hydrogens is 326 g/mol. The highest BCUT2D eigenvalue weighted by Crippen LogP contribution is 2.22. The molecule has 0 radical (unpaired) electrons. The summed E-state index contributed by atoms with van der Waals surface area (Å²) in [6, 6.07) is 5.07. The molecule has 0 spiro atoms. The van der Waals surface area contributed by atoms with Crippen LogP contribution in [0.1, 0.15) is 10.4 Å². The van der Waals surface area contributed by atoms with Gasteiger partial charge in [0.25, 0.3) is 5.91 Å². The molecule has 1 fully saturated rings. The van der Waals surface area contributed by atoms with Crippen molar-refractivity contribution in [2.24, 2.45) is 0 Å². The first-order valence-corrected chi connectivity index (χ1v) is 8.14. The Kier molecular flexibility index (Phi) is 6.88. The van der Waals surface area contributed by atoms with Crippen molar-refractivity contribution >= 4 is 12.0 Å². The van der Waals surface area contributed by atoms with Gasteiger partial charge in [-0.1, -0.05) is 0 Å². The van der Waals surface area contributed by atoms with Crippen molar-refractivity contribution in [1.82, 2.24) is 15.1 Å². The Bertz CT molecular complexity index is 578. The number of nitrogens with one attached hydrogen (secondary N) is 1. The van der Waals surface area contributed by atoms with Crippen molar-refractivity contribution in [1.29, 1.82) is 0 Å². The van der Waals surface area contributed by atoms with Crippen LogP contribution in [-0.2, 0) is 4.74 Å². The summed E-state index contributed by atoms with van der Waals surface area (Å²) >= 11 is 0. The Hall–Kier alpha value is -2.48. The van der Waals surface area contributed by atoms with Crippen molar-refractivity contribution in [3.63, 3.8) is 0 Å². The molecule has 0 bridgehead atoms. The van der Waals surface area contributed by atoms with Crippen LogP contribution in [0.15, 0.2) is 18.2 Å². The summed E-state index contributed by atoms with van der Waals surface area (Å²) < 4.78 is 15.1. The van der Waals surface area contributed by atoms with Gasteiger partial charge in [0.15, 0.2) is 0 Å². The fourth-order valence-corrected chi connectivity index (χ4v) is 2.65. The van der Waals surface area contributed by atoms with Crippen LogP contribution in [0.3, 0.4) is 0 Å². The molecule has 0 atom stereocenters. The van der Waals surface area contributed by atoms with E-state index in [1.165, 1.54) is 7.11 Å². The van der Waals surface area contributed by atoms with Gasteiger partial charge >= 0.3 is 6.09 Å². The quantitative estimate of drug-likeness (QED) is 0.817. The van der Waals surface area contributed by atoms with E-state index in [0.717, 1.165) is 19.6 Å². The fourth-order valence-electron chi connectivity index (χ4n) is 2.65. The van der Waals surface area contributed by atoms with E-state index in [1.54, 1.807) is 37.3 Å². The third-order valence-corrected chi connectivity index (χ3v) is 4.13. The number of piperazine rings is 1. The van der Waals surface area contributed by atoms with E-state index in [1.807, 2.05) is 0 Å². The van der Waals surface area contributed by atoms with E-state index >= 15 is 0 Å². The molecule has 0 saturated carbocycles. The van der Waals surface area contributed by atoms with Gasteiger partial charge in [0.2, 0.25) is 0 Å². The molecule has 8 nitrogen and oxygen atoms in total.